The summed E-state index contributed by atoms with van der Waals surface area (Å²) in [6, 6.07) is 11.8. The Labute approximate surface area is 140 Å². The predicted octanol–water partition coefficient (Wildman–Crippen LogP) is 4.89. The molecular weight excluding hydrogens is 312 g/mol. The lowest BCUT2D eigenvalue weighted by molar-refractivity contribution is 0.242. The van der Waals surface area contributed by atoms with E-state index >= 15 is 0 Å². The van der Waals surface area contributed by atoms with E-state index in [-0.39, 0.29) is 6.61 Å². The maximum absolute atomic E-state index is 6.15. The molecule has 0 aliphatic rings. The van der Waals surface area contributed by atoms with Crippen LogP contribution in [0.15, 0.2) is 40.9 Å². The lowest BCUT2D eigenvalue weighted by Gasteiger charge is -2.08. The van der Waals surface area contributed by atoms with Crippen molar-refractivity contribution in [2.24, 2.45) is 0 Å². The monoisotopic (exact) mass is 328 g/mol. The Morgan fingerprint density at radius 1 is 1.04 bits per heavy atom. The topological polar surface area (TPSA) is 48.2 Å². The fraction of sp³-hybridized carbons (Fsp3) is 0.222. The second-order valence-corrected chi connectivity index (χ2v) is 5.92. The fourth-order valence-electron chi connectivity index (χ4n) is 2.27. The molecule has 4 nitrogen and oxygen atoms in total. The van der Waals surface area contributed by atoms with Crippen LogP contribution in [0.1, 0.15) is 22.6 Å². The predicted molar refractivity (Wildman–Crippen MR) is 89.7 cm³/mol. The van der Waals surface area contributed by atoms with E-state index in [1.165, 1.54) is 5.56 Å². The summed E-state index contributed by atoms with van der Waals surface area (Å²) in [5, 5.41) is 4.75. The van der Waals surface area contributed by atoms with E-state index in [4.69, 9.17) is 20.9 Å². The third kappa shape index (κ3) is 3.54. The number of hydrogen-bond donors (Lipinski definition) is 0. The highest BCUT2D eigenvalue weighted by molar-refractivity contribution is 6.32. The number of ether oxygens (including phenoxy) is 1. The minimum absolute atomic E-state index is 0.222. The molecule has 1 heterocycles. The molecule has 0 saturated carbocycles. The number of nitrogens with zero attached hydrogens (tertiary/aromatic N) is 2. The molecule has 0 radical (unpaired) electrons. The summed E-state index contributed by atoms with van der Waals surface area (Å²) in [6.07, 6.45) is 0. The van der Waals surface area contributed by atoms with Crippen molar-refractivity contribution in [1.29, 1.82) is 0 Å². The van der Waals surface area contributed by atoms with Gasteiger partial charge in [-0.05, 0) is 44.0 Å². The van der Waals surface area contributed by atoms with Crippen molar-refractivity contribution in [2.75, 3.05) is 0 Å². The summed E-state index contributed by atoms with van der Waals surface area (Å²) in [5.41, 5.74) is 4.07. The van der Waals surface area contributed by atoms with E-state index in [2.05, 4.69) is 10.1 Å². The van der Waals surface area contributed by atoms with Crippen LogP contribution in [-0.4, -0.2) is 10.1 Å². The quantitative estimate of drug-likeness (QED) is 0.683. The van der Waals surface area contributed by atoms with Gasteiger partial charge in [0.1, 0.15) is 5.75 Å². The Morgan fingerprint density at radius 3 is 2.35 bits per heavy atom. The average Bonchev–Trinajstić information content (AvgIpc) is 3.00. The minimum Gasteiger partial charge on any atom is -0.484 e. The number of aromatic nitrogens is 2. The maximum atomic E-state index is 6.15. The van der Waals surface area contributed by atoms with Crippen LogP contribution in [0.4, 0.5) is 0 Å². The smallest absolute Gasteiger partial charge is 0.264 e. The van der Waals surface area contributed by atoms with Gasteiger partial charge in [0.05, 0.1) is 0 Å². The molecule has 0 spiro atoms. The van der Waals surface area contributed by atoms with Gasteiger partial charge in [0.2, 0.25) is 5.82 Å². The van der Waals surface area contributed by atoms with Gasteiger partial charge in [-0.25, -0.2) is 0 Å². The first-order valence-electron chi connectivity index (χ1n) is 7.32. The van der Waals surface area contributed by atoms with Crippen LogP contribution in [0.2, 0.25) is 5.02 Å². The van der Waals surface area contributed by atoms with Crippen molar-refractivity contribution in [2.45, 2.75) is 27.4 Å². The zero-order valence-electron chi connectivity index (χ0n) is 13.3. The van der Waals surface area contributed by atoms with Gasteiger partial charge in [-0.3, -0.25) is 0 Å². The van der Waals surface area contributed by atoms with Gasteiger partial charge in [0.15, 0.2) is 6.61 Å². The summed E-state index contributed by atoms with van der Waals surface area (Å²) in [5.74, 6) is 1.73. The van der Waals surface area contributed by atoms with Gasteiger partial charge in [0, 0.05) is 10.6 Å². The molecule has 0 bridgehead atoms. The van der Waals surface area contributed by atoms with Crippen LogP contribution in [-0.2, 0) is 6.61 Å². The summed E-state index contributed by atoms with van der Waals surface area (Å²) >= 11 is 6.15. The first-order chi connectivity index (χ1) is 11.0. The van der Waals surface area contributed by atoms with E-state index < -0.39 is 0 Å². The molecule has 0 unspecified atom stereocenters. The van der Waals surface area contributed by atoms with Crippen LogP contribution in [0, 0.1) is 20.8 Å². The minimum atomic E-state index is 0.222. The van der Waals surface area contributed by atoms with Crippen molar-refractivity contribution in [3.05, 3.63) is 64.0 Å². The van der Waals surface area contributed by atoms with Gasteiger partial charge < -0.3 is 9.26 Å². The molecule has 1 aromatic heterocycles. The molecule has 0 aliphatic carbocycles. The highest BCUT2D eigenvalue weighted by Crippen LogP contribution is 2.26. The zero-order valence-corrected chi connectivity index (χ0v) is 14.0. The van der Waals surface area contributed by atoms with Crippen molar-refractivity contribution < 1.29 is 9.26 Å². The van der Waals surface area contributed by atoms with Crippen molar-refractivity contribution in [3.8, 4) is 17.1 Å². The zero-order chi connectivity index (χ0) is 16.4. The standard InChI is InChI=1S/C18H17ClN2O2/c1-11-4-6-14(7-5-11)18-20-16(23-21-18)10-22-15-8-12(2)17(19)13(3)9-15/h4-9H,10H2,1-3H3. The Bertz CT molecular complexity index is 802. The van der Waals surface area contributed by atoms with Gasteiger partial charge >= 0.3 is 0 Å². The second-order valence-electron chi connectivity index (χ2n) is 5.54. The first kappa shape index (κ1) is 15.6. The number of benzene rings is 2. The number of rotatable bonds is 4. The summed E-state index contributed by atoms with van der Waals surface area (Å²) in [7, 11) is 0. The highest BCUT2D eigenvalue weighted by atomic mass is 35.5. The van der Waals surface area contributed by atoms with Crippen LogP contribution in [0.3, 0.4) is 0 Å². The van der Waals surface area contributed by atoms with Gasteiger partial charge in [-0.1, -0.05) is 46.6 Å². The van der Waals surface area contributed by atoms with E-state index in [1.54, 1.807) is 0 Å². The second kappa shape index (κ2) is 6.42. The van der Waals surface area contributed by atoms with Crippen LogP contribution >= 0.6 is 11.6 Å². The molecule has 2 aromatic carbocycles. The Balaban J connectivity index is 1.71. The maximum Gasteiger partial charge on any atom is 0.264 e. The Morgan fingerprint density at radius 2 is 1.70 bits per heavy atom. The Kier molecular flexibility index (Phi) is 4.35. The van der Waals surface area contributed by atoms with Gasteiger partial charge in [0.25, 0.3) is 5.89 Å². The van der Waals surface area contributed by atoms with Gasteiger partial charge in [-0.2, -0.15) is 4.98 Å². The molecule has 3 rings (SSSR count). The highest BCUT2D eigenvalue weighted by Gasteiger charge is 2.10. The SMILES string of the molecule is Cc1ccc(-c2noc(COc3cc(C)c(Cl)c(C)c3)n2)cc1. The molecule has 0 saturated heterocycles. The summed E-state index contributed by atoms with van der Waals surface area (Å²) in [6.45, 7) is 6.16. The number of aryl methyl sites for hydroxylation is 3. The first-order valence-corrected chi connectivity index (χ1v) is 7.70. The molecule has 5 heteroatoms. The molecule has 0 amide bonds. The van der Waals surface area contributed by atoms with Crippen molar-refractivity contribution in [1.82, 2.24) is 10.1 Å². The van der Waals surface area contributed by atoms with E-state index in [0.717, 1.165) is 27.5 Å². The fourth-order valence-corrected chi connectivity index (χ4v) is 2.38. The third-order valence-electron chi connectivity index (χ3n) is 3.55. The number of hydrogen-bond acceptors (Lipinski definition) is 4. The summed E-state index contributed by atoms with van der Waals surface area (Å²) < 4.78 is 11.0. The number of halogens is 1. The summed E-state index contributed by atoms with van der Waals surface area (Å²) in [4.78, 5) is 4.36. The van der Waals surface area contributed by atoms with Gasteiger partial charge in [-0.15, -0.1) is 0 Å². The molecule has 0 atom stereocenters. The largest absolute Gasteiger partial charge is 0.484 e. The molecule has 0 fully saturated rings. The van der Waals surface area contributed by atoms with Crippen molar-refractivity contribution in [3.63, 3.8) is 0 Å². The van der Waals surface area contributed by atoms with E-state index in [1.807, 2.05) is 57.2 Å². The molecule has 0 aliphatic heterocycles. The molecule has 0 N–H and O–H groups in total. The normalized spacial score (nSPS) is 10.8. The van der Waals surface area contributed by atoms with Crippen LogP contribution in [0.25, 0.3) is 11.4 Å². The molecule has 118 valence electrons. The van der Waals surface area contributed by atoms with Crippen LogP contribution < -0.4 is 4.74 Å². The van der Waals surface area contributed by atoms with E-state index in [9.17, 15) is 0 Å². The lowest BCUT2D eigenvalue weighted by atomic mass is 10.1. The Hall–Kier alpha value is -2.33. The molecule has 3 aromatic rings. The van der Waals surface area contributed by atoms with E-state index in [0.29, 0.717) is 11.7 Å². The molecule has 23 heavy (non-hydrogen) atoms. The lowest BCUT2D eigenvalue weighted by Crippen LogP contribution is -1.97. The third-order valence-corrected chi connectivity index (χ3v) is 4.15. The van der Waals surface area contributed by atoms with Crippen molar-refractivity contribution >= 4 is 11.6 Å². The molecular formula is C18H17ClN2O2. The average molecular weight is 329 g/mol. The van der Waals surface area contributed by atoms with Crippen LogP contribution in [0.5, 0.6) is 5.75 Å².